The van der Waals surface area contributed by atoms with Crippen molar-refractivity contribution in [2.45, 2.75) is 37.3 Å². The molecule has 0 radical (unpaired) electrons. The van der Waals surface area contributed by atoms with Gasteiger partial charge in [0, 0.05) is 27.2 Å². The van der Waals surface area contributed by atoms with E-state index in [1.807, 2.05) is 71.6 Å². The summed E-state index contributed by atoms with van der Waals surface area (Å²) >= 11 is 11.1. The molecule has 5 nitrogen and oxygen atoms in total. The number of benzene rings is 3. The van der Waals surface area contributed by atoms with Crippen LogP contribution in [0.4, 0.5) is 0 Å². The van der Waals surface area contributed by atoms with Crippen molar-refractivity contribution in [2.75, 3.05) is 0 Å². The van der Waals surface area contributed by atoms with Crippen LogP contribution in [0, 0.1) is 0 Å². The maximum atomic E-state index is 6.07. The van der Waals surface area contributed by atoms with Gasteiger partial charge in [0.2, 0.25) is 5.16 Å². The molecule has 174 valence electrons. The van der Waals surface area contributed by atoms with Gasteiger partial charge in [-0.05, 0) is 53.9 Å². The predicted octanol–water partition coefficient (Wildman–Crippen LogP) is 7.40. The molecule has 0 amide bonds. The third-order valence-electron chi connectivity index (χ3n) is 4.97. The zero-order chi connectivity index (χ0) is 23.8. The van der Waals surface area contributed by atoms with Gasteiger partial charge in [-0.1, -0.05) is 82.6 Å². The largest absolute Gasteiger partial charge is 0.488 e. The summed E-state index contributed by atoms with van der Waals surface area (Å²) in [7, 11) is 0. The Balaban J connectivity index is 1.51. The number of aromatic nitrogens is 3. The van der Waals surface area contributed by atoms with Crippen LogP contribution in [0.1, 0.15) is 35.9 Å². The third kappa shape index (κ3) is 6.72. The van der Waals surface area contributed by atoms with Crippen molar-refractivity contribution in [1.82, 2.24) is 14.9 Å². The van der Waals surface area contributed by atoms with Crippen LogP contribution in [0.5, 0.6) is 5.75 Å². The molecule has 0 saturated heterocycles. The first-order valence-corrected chi connectivity index (χ1v) is 13.1. The first-order chi connectivity index (χ1) is 16.6. The fourth-order valence-corrected chi connectivity index (χ4v) is 4.44. The number of rotatable bonds is 10. The standard InChI is InChI=1S/C26H24BrClN4OS/c1-2-5-25-30-31-26(34-18-20-8-12-22(27)13-9-20)32(25)29-16-21-6-3-4-7-24(21)33-17-19-10-14-23(28)15-11-19/h3-4,6-16H,2,5,17-18H2,1H3/b29-16+. The van der Waals surface area contributed by atoms with Gasteiger partial charge in [-0.25, -0.2) is 0 Å². The number of hydrogen-bond donors (Lipinski definition) is 0. The van der Waals surface area contributed by atoms with Crippen LogP contribution in [-0.4, -0.2) is 21.1 Å². The molecule has 4 rings (SSSR count). The van der Waals surface area contributed by atoms with E-state index in [1.165, 1.54) is 5.56 Å². The van der Waals surface area contributed by atoms with Crippen molar-refractivity contribution in [1.29, 1.82) is 0 Å². The van der Waals surface area contributed by atoms with Gasteiger partial charge >= 0.3 is 0 Å². The van der Waals surface area contributed by atoms with E-state index in [0.29, 0.717) is 11.6 Å². The molecule has 8 heteroatoms. The van der Waals surface area contributed by atoms with E-state index in [4.69, 9.17) is 21.4 Å². The number of para-hydroxylation sites is 1. The van der Waals surface area contributed by atoms with E-state index in [9.17, 15) is 0 Å². The van der Waals surface area contributed by atoms with Gasteiger partial charge in [0.15, 0.2) is 5.82 Å². The Hall–Kier alpha value is -2.61. The van der Waals surface area contributed by atoms with Crippen molar-refractivity contribution in [3.63, 3.8) is 0 Å². The van der Waals surface area contributed by atoms with Gasteiger partial charge in [0.25, 0.3) is 0 Å². The van der Waals surface area contributed by atoms with E-state index >= 15 is 0 Å². The highest BCUT2D eigenvalue weighted by atomic mass is 79.9. The third-order valence-corrected chi connectivity index (χ3v) is 6.74. The highest BCUT2D eigenvalue weighted by molar-refractivity contribution is 9.10. The lowest BCUT2D eigenvalue weighted by molar-refractivity contribution is 0.306. The van der Waals surface area contributed by atoms with E-state index in [2.05, 4.69) is 45.2 Å². The zero-order valence-corrected chi connectivity index (χ0v) is 21.9. The number of aryl methyl sites for hydroxylation is 1. The van der Waals surface area contributed by atoms with Gasteiger partial charge in [-0.2, -0.15) is 9.78 Å². The Morgan fingerprint density at radius 3 is 2.50 bits per heavy atom. The van der Waals surface area contributed by atoms with Gasteiger partial charge in [-0.15, -0.1) is 10.2 Å². The Morgan fingerprint density at radius 1 is 1.00 bits per heavy atom. The number of halogens is 2. The van der Waals surface area contributed by atoms with E-state index in [-0.39, 0.29) is 0 Å². The van der Waals surface area contributed by atoms with Crippen molar-refractivity contribution in [2.24, 2.45) is 5.10 Å². The molecule has 34 heavy (non-hydrogen) atoms. The lowest BCUT2D eigenvalue weighted by atomic mass is 10.2. The van der Waals surface area contributed by atoms with Crippen molar-refractivity contribution < 1.29 is 4.74 Å². The smallest absolute Gasteiger partial charge is 0.212 e. The van der Waals surface area contributed by atoms with Crippen LogP contribution in [0.3, 0.4) is 0 Å². The summed E-state index contributed by atoms with van der Waals surface area (Å²) in [6.45, 7) is 2.57. The second-order valence-electron chi connectivity index (χ2n) is 7.57. The van der Waals surface area contributed by atoms with Crippen molar-refractivity contribution in [3.8, 4) is 5.75 Å². The average Bonchev–Trinajstić information content (AvgIpc) is 3.24. The molecule has 0 aliphatic rings. The molecule has 0 aliphatic carbocycles. The Labute approximate surface area is 217 Å². The molecule has 0 fully saturated rings. The van der Waals surface area contributed by atoms with E-state index < -0.39 is 0 Å². The molecule has 3 aromatic carbocycles. The van der Waals surface area contributed by atoms with Gasteiger partial charge in [-0.3, -0.25) is 0 Å². The maximum Gasteiger partial charge on any atom is 0.212 e. The van der Waals surface area contributed by atoms with Crippen molar-refractivity contribution >= 4 is 45.5 Å². The molecule has 4 aromatic rings. The molecule has 0 aliphatic heterocycles. The second-order valence-corrected chi connectivity index (χ2v) is 9.87. The minimum Gasteiger partial charge on any atom is -0.488 e. The molecule has 0 spiro atoms. The number of nitrogens with zero attached hydrogens (tertiary/aromatic N) is 4. The Bertz CT molecular complexity index is 1240. The molecule has 1 heterocycles. The summed E-state index contributed by atoms with van der Waals surface area (Å²) in [5.41, 5.74) is 3.15. The maximum absolute atomic E-state index is 6.07. The predicted molar refractivity (Wildman–Crippen MR) is 143 cm³/mol. The molecule has 0 bridgehead atoms. The fourth-order valence-electron chi connectivity index (χ4n) is 3.19. The molecule has 0 unspecified atom stereocenters. The van der Waals surface area contributed by atoms with Crippen LogP contribution >= 0.6 is 39.3 Å². The van der Waals surface area contributed by atoms with Crippen LogP contribution in [0.25, 0.3) is 0 Å². The first-order valence-electron chi connectivity index (χ1n) is 10.9. The monoisotopic (exact) mass is 554 g/mol. The molecular weight excluding hydrogens is 532 g/mol. The SMILES string of the molecule is CCCc1nnc(SCc2ccc(Br)cc2)n1/N=C/c1ccccc1OCc1ccc(Cl)cc1. The summed E-state index contributed by atoms with van der Waals surface area (Å²) in [6, 6.07) is 23.8. The lowest BCUT2D eigenvalue weighted by Gasteiger charge is -2.09. The van der Waals surface area contributed by atoms with Gasteiger partial charge in [0.05, 0.1) is 6.21 Å². The zero-order valence-electron chi connectivity index (χ0n) is 18.7. The number of hydrogen-bond acceptors (Lipinski definition) is 5. The molecule has 1 aromatic heterocycles. The molecule has 0 N–H and O–H groups in total. The van der Waals surface area contributed by atoms with Gasteiger partial charge in [0.1, 0.15) is 12.4 Å². The fraction of sp³-hybridized carbons (Fsp3) is 0.192. The van der Waals surface area contributed by atoms with Gasteiger partial charge < -0.3 is 4.74 Å². The Kier molecular flexibility index (Phi) is 8.79. The molecular formula is C26H24BrClN4OS. The minimum absolute atomic E-state index is 0.448. The van der Waals surface area contributed by atoms with Crippen LogP contribution < -0.4 is 4.74 Å². The van der Waals surface area contributed by atoms with E-state index in [0.717, 1.165) is 50.9 Å². The summed E-state index contributed by atoms with van der Waals surface area (Å²) in [6.07, 6.45) is 3.58. The van der Waals surface area contributed by atoms with Crippen LogP contribution in [0.15, 0.2) is 87.5 Å². The summed E-state index contributed by atoms with van der Waals surface area (Å²) in [4.78, 5) is 0. The summed E-state index contributed by atoms with van der Waals surface area (Å²) < 4.78 is 8.97. The van der Waals surface area contributed by atoms with Crippen LogP contribution in [0.2, 0.25) is 5.02 Å². The summed E-state index contributed by atoms with van der Waals surface area (Å²) in [5, 5.41) is 15.0. The normalized spacial score (nSPS) is 11.3. The first kappa shape index (κ1) is 24.5. The lowest BCUT2D eigenvalue weighted by Crippen LogP contribution is -2.02. The average molecular weight is 556 g/mol. The highest BCUT2D eigenvalue weighted by Crippen LogP contribution is 2.24. The highest BCUT2D eigenvalue weighted by Gasteiger charge is 2.12. The quantitative estimate of drug-likeness (QED) is 0.151. The number of thioether (sulfide) groups is 1. The topological polar surface area (TPSA) is 52.3 Å². The Morgan fingerprint density at radius 2 is 1.74 bits per heavy atom. The molecule has 0 atom stereocenters. The second kappa shape index (κ2) is 12.2. The molecule has 0 saturated carbocycles. The van der Waals surface area contributed by atoms with Crippen molar-refractivity contribution in [3.05, 3.63) is 105 Å². The van der Waals surface area contributed by atoms with E-state index in [1.54, 1.807) is 11.8 Å². The minimum atomic E-state index is 0.448. The van der Waals surface area contributed by atoms with Crippen LogP contribution in [-0.2, 0) is 18.8 Å². The number of ether oxygens (including phenoxy) is 1. The summed E-state index contributed by atoms with van der Waals surface area (Å²) in [5.74, 6) is 2.39.